The fourth-order valence-electron chi connectivity index (χ4n) is 2.63. The van der Waals surface area contributed by atoms with Gasteiger partial charge in [0, 0.05) is 27.8 Å². The van der Waals surface area contributed by atoms with Crippen LogP contribution in [0.5, 0.6) is 0 Å². The molecule has 0 aliphatic carbocycles. The molecule has 5 heteroatoms. The smallest absolute Gasteiger partial charge is 0.229 e. The number of rotatable bonds is 2. The monoisotopic (exact) mass is 414 g/mol. The molecule has 2 amide bonds. The number of anilines is 1. The van der Waals surface area contributed by atoms with E-state index in [4.69, 9.17) is 0 Å². The van der Waals surface area contributed by atoms with Gasteiger partial charge in [-0.25, -0.2) is 0 Å². The predicted molar refractivity (Wildman–Crippen MR) is 96.5 cm³/mol. The van der Waals surface area contributed by atoms with E-state index >= 15 is 0 Å². The molecule has 1 atom stereocenters. The van der Waals surface area contributed by atoms with Gasteiger partial charge in [-0.3, -0.25) is 9.59 Å². The van der Waals surface area contributed by atoms with E-state index in [1.54, 1.807) is 0 Å². The highest BCUT2D eigenvalue weighted by atomic mass is 127. The van der Waals surface area contributed by atoms with Crippen LogP contribution in [0.1, 0.15) is 33.6 Å². The molecule has 22 heavy (non-hydrogen) atoms. The van der Waals surface area contributed by atoms with Gasteiger partial charge in [-0.05, 0) is 59.7 Å². The van der Waals surface area contributed by atoms with Crippen molar-refractivity contribution in [2.45, 2.75) is 33.6 Å². The summed E-state index contributed by atoms with van der Waals surface area (Å²) in [6, 6.07) is 7.74. The fraction of sp³-hybridized carbons (Fsp3) is 0.529. The van der Waals surface area contributed by atoms with Crippen molar-refractivity contribution in [3.05, 3.63) is 27.8 Å². The van der Waals surface area contributed by atoms with Crippen molar-refractivity contribution in [2.24, 2.45) is 11.3 Å². The molecule has 1 saturated heterocycles. The number of halogens is 1. The van der Waals surface area contributed by atoms with E-state index in [0.29, 0.717) is 6.54 Å². The number of likely N-dealkylation sites (tertiary alicyclic amines) is 1. The zero-order chi connectivity index (χ0) is 16.3. The highest BCUT2D eigenvalue weighted by molar-refractivity contribution is 14.1. The zero-order valence-corrected chi connectivity index (χ0v) is 15.5. The Balaban J connectivity index is 1.98. The third kappa shape index (κ3) is 4.44. The fourth-order valence-corrected chi connectivity index (χ4v) is 2.99. The lowest BCUT2D eigenvalue weighted by Gasteiger charge is -2.35. The van der Waals surface area contributed by atoms with E-state index in [9.17, 15) is 9.59 Å². The van der Waals surface area contributed by atoms with Crippen LogP contribution in [-0.2, 0) is 9.59 Å². The second-order valence-electron chi connectivity index (χ2n) is 6.84. The molecule has 1 heterocycles. The number of piperidine rings is 1. The molecular weight excluding hydrogens is 391 g/mol. The molecule has 0 aromatic heterocycles. The quantitative estimate of drug-likeness (QED) is 0.754. The SMILES string of the molecule is CC(C)(C)C(=O)N1CCCC(C(=O)Nc2ccc(I)cc2)C1. The van der Waals surface area contributed by atoms with Crippen molar-refractivity contribution < 1.29 is 9.59 Å². The molecule has 2 rings (SSSR count). The van der Waals surface area contributed by atoms with Crippen molar-refractivity contribution in [2.75, 3.05) is 18.4 Å². The van der Waals surface area contributed by atoms with Gasteiger partial charge in [-0.15, -0.1) is 0 Å². The summed E-state index contributed by atoms with van der Waals surface area (Å²) < 4.78 is 1.13. The lowest BCUT2D eigenvalue weighted by Crippen LogP contribution is -2.47. The van der Waals surface area contributed by atoms with E-state index in [1.165, 1.54) is 0 Å². The van der Waals surface area contributed by atoms with Gasteiger partial charge in [-0.1, -0.05) is 20.8 Å². The number of nitrogens with one attached hydrogen (secondary N) is 1. The van der Waals surface area contributed by atoms with Crippen molar-refractivity contribution in [1.29, 1.82) is 0 Å². The van der Waals surface area contributed by atoms with Crippen LogP contribution in [0.2, 0.25) is 0 Å². The normalized spacial score (nSPS) is 18.9. The van der Waals surface area contributed by atoms with Crippen LogP contribution in [0.4, 0.5) is 5.69 Å². The molecule has 120 valence electrons. The number of amides is 2. The first-order valence-electron chi connectivity index (χ1n) is 7.63. The van der Waals surface area contributed by atoms with Crippen molar-refractivity contribution in [1.82, 2.24) is 4.90 Å². The summed E-state index contributed by atoms with van der Waals surface area (Å²) in [5.74, 6) is 0.00575. The van der Waals surface area contributed by atoms with Crippen LogP contribution in [-0.4, -0.2) is 29.8 Å². The van der Waals surface area contributed by atoms with Gasteiger partial charge in [0.25, 0.3) is 0 Å². The average molecular weight is 414 g/mol. The number of hydrogen-bond donors (Lipinski definition) is 1. The van der Waals surface area contributed by atoms with Crippen LogP contribution in [0, 0.1) is 14.9 Å². The van der Waals surface area contributed by atoms with Gasteiger partial charge < -0.3 is 10.2 Å². The molecule has 0 radical (unpaired) electrons. The number of nitrogens with zero attached hydrogens (tertiary/aromatic N) is 1. The summed E-state index contributed by atoms with van der Waals surface area (Å²) in [5.41, 5.74) is 0.416. The summed E-state index contributed by atoms with van der Waals surface area (Å²) in [4.78, 5) is 26.6. The Bertz CT molecular complexity index is 549. The molecule has 0 spiro atoms. The van der Waals surface area contributed by atoms with Crippen LogP contribution < -0.4 is 5.32 Å². The summed E-state index contributed by atoms with van der Waals surface area (Å²) in [7, 11) is 0. The van der Waals surface area contributed by atoms with E-state index in [2.05, 4.69) is 27.9 Å². The molecule has 1 aliphatic rings. The van der Waals surface area contributed by atoms with Gasteiger partial charge in [0.2, 0.25) is 11.8 Å². The van der Waals surface area contributed by atoms with E-state index < -0.39 is 5.41 Å². The Morgan fingerprint density at radius 2 is 1.86 bits per heavy atom. The Morgan fingerprint density at radius 3 is 2.45 bits per heavy atom. The van der Waals surface area contributed by atoms with Crippen molar-refractivity contribution in [3.63, 3.8) is 0 Å². The van der Waals surface area contributed by atoms with Crippen molar-refractivity contribution in [3.8, 4) is 0 Å². The van der Waals surface area contributed by atoms with Gasteiger partial charge in [0.1, 0.15) is 0 Å². The largest absolute Gasteiger partial charge is 0.341 e. The first kappa shape index (κ1) is 17.2. The van der Waals surface area contributed by atoms with Crippen LogP contribution in [0.3, 0.4) is 0 Å². The minimum absolute atomic E-state index is 0.00705. The van der Waals surface area contributed by atoms with E-state index in [-0.39, 0.29) is 17.7 Å². The first-order chi connectivity index (χ1) is 10.3. The number of hydrogen-bond acceptors (Lipinski definition) is 2. The Morgan fingerprint density at radius 1 is 1.23 bits per heavy atom. The summed E-state index contributed by atoms with van der Waals surface area (Å²) in [6.45, 7) is 7.04. The Kier molecular flexibility index (Phi) is 5.47. The van der Waals surface area contributed by atoms with Crippen molar-refractivity contribution >= 4 is 40.1 Å². The van der Waals surface area contributed by atoms with E-state index in [1.807, 2.05) is 49.9 Å². The van der Waals surface area contributed by atoms with E-state index in [0.717, 1.165) is 28.6 Å². The van der Waals surface area contributed by atoms with Gasteiger partial charge in [0.15, 0.2) is 0 Å². The molecule has 1 aliphatic heterocycles. The van der Waals surface area contributed by atoms with Crippen LogP contribution in [0.25, 0.3) is 0 Å². The van der Waals surface area contributed by atoms with Gasteiger partial charge in [0.05, 0.1) is 5.92 Å². The number of carbonyl (C=O) groups is 2. The molecule has 1 fully saturated rings. The zero-order valence-electron chi connectivity index (χ0n) is 13.4. The lowest BCUT2D eigenvalue weighted by molar-refractivity contribution is -0.142. The maximum Gasteiger partial charge on any atom is 0.229 e. The highest BCUT2D eigenvalue weighted by Gasteiger charge is 2.33. The van der Waals surface area contributed by atoms with Crippen LogP contribution in [0.15, 0.2) is 24.3 Å². The predicted octanol–water partition coefficient (Wildman–Crippen LogP) is 3.51. The second-order valence-corrected chi connectivity index (χ2v) is 8.08. The maximum absolute atomic E-state index is 12.4. The van der Waals surface area contributed by atoms with Crippen LogP contribution >= 0.6 is 22.6 Å². The molecule has 1 N–H and O–H groups in total. The standard InChI is InChI=1S/C17H23IN2O2/c1-17(2,3)16(22)20-10-4-5-12(11-20)15(21)19-14-8-6-13(18)7-9-14/h6-9,12H,4-5,10-11H2,1-3H3,(H,19,21). The molecule has 1 aromatic carbocycles. The number of benzene rings is 1. The maximum atomic E-state index is 12.4. The molecule has 4 nitrogen and oxygen atoms in total. The third-order valence-electron chi connectivity index (χ3n) is 3.83. The van der Waals surface area contributed by atoms with Gasteiger partial charge >= 0.3 is 0 Å². The molecular formula is C17H23IN2O2. The minimum atomic E-state index is -0.394. The summed E-state index contributed by atoms with van der Waals surface area (Å²) in [5, 5.41) is 2.96. The van der Waals surface area contributed by atoms with Gasteiger partial charge in [-0.2, -0.15) is 0 Å². The average Bonchev–Trinajstić information content (AvgIpc) is 2.48. The Hall–Kier alpha value is -1.11. The lowest BCUT2D eigenvalue weighted by atomic mass is 9.91. The Labute approximate surface area is 145 Å². The third-order valence-corrected chi connectivity index (χ3v) is 4.55. The summed E-state index contributed by atoms with van der Waals surface area (Å²) >= 11 is 2.23. The first-order valence-corrected chi connectivity index (χ1v) is 8.71. The molecule has 1 aromatic rings. The second kappa shape index (κ2) is 6.98. The minimum Gasteiger partial charge on any atom is -0.341 e. The molecule has 0 bridgehead atoms. The highest BCUT2D eigenvalue weighted by Crippen LogP contribution is 2.24. The number of carbonyl (C=O) groups excluding carboxylic acids is 2. The summed E-state index contributed by atoms with van der Waals surface area (Å²) in [6.07, 6.45) is 1.72. The molecule has 0 saturated carbocycles. The molecule has 1 unspecified atom stereocenters. The topological polar surface area (TPSA) is 49.4 Å².